The Balaban J connectivity index is 2.39. The van der Waals surface area contributed by atoms with Gasteiger partial charge in [-0.2, -0.15) is 0 Å². The molecule has 60 valence electrons. The van der Waals surface area contributed by atoms with Crippen LogP contribution in [-0.4, -0.2) is 13.1 Å². The van der Waals surface area contributed by atoms with Crippen LogP contribution in [0.4, 0.5) is 0 Å². The second-order valence-electron chi connectivity index (χ2n) is 4.41. The molecule has 1 saturated heterocycles. The maximum Gasteiger partial charge on any atom is -0.00155 e. The van der Waals surface area contributed by atoms with E-state index in [2.05, 4.69) is 26.1 Å². The van der Waals surface area contributed by atoms with Crippen LogP contribution in [0.2, 0.25) is 0 Å². The van der Waals surface area contributed by atoms with E-state index in [9.17, 15) is 0 Å². The molecule has 0 unspecified atom stereocenters. The average Bonchev–Trinajstić information content (AvgIpc) is 1.88. The molecule has 0 aliphatic carbocycles. The first kappa shape index (κ1) is 8.06. The Morgan fingerprint density at radius 2 is 2.00 bits per heavy atom. The molecule has 0 radical (unpaired) electrons. The van der Waals surface area contributed by atoms with Gasteiger partial charge in [-0.3, -0.25) is 0 Å². The summed E-state index contributed by atoms with van der Waals surface area (Å²) in [4.78, 5) is 0. The Labute approximate surface area is 64.2 Å². The Bertz CT molecular complexity index is 95.8. The van der Waals surface area contributed by atoms with Gasteiger partial charge >= 0.3 is 0 Å². The average molecular weight is 141 g/mol. The SMILES string of the molecule is CC(C)(C)[C@@H]1CCCNC1. The lowest BCUT2D eigenvalue weighted by Gasteiger charge is -2.34. The van der Waals surface area contributed by atoms with Crippen molar-refractivity contribution < 1.29 is 0 Å². The van der Waals surface area contributed by atoms with Crippen LogP contribution in [0.25, 0.3) is 0 Å². The standard InChI is InChI=1S/C9H19N/c1-9(2,3)8-5-4-6-10-7-8/h8,10H,4-7H2,1-3H3/t8-/m1/s1. The number of hydrogen-bond acceptors (Lipinski definition) is 1. The Hall–Kier alpha value is -0.0400. The Kier molecular flexibility index (Phi) is 2.35. The first-order valence-electron chi connectivity index (χ1n) is 4.31. The molecule has 0 amide bonds. The minimum Gasteiger partial charge on any atom is -0.316 e. The van der Waals surface area contributed by atoms with Gasteiger partial charge < -0.3 is 5.32 Å². The van der Waals surface area contributed by atoms with Crippen LogP contribution in [-0.2, 0) is 0 Å². The van der Waals surface area contributed by atoms with Gasteiger partial charge in [-0.25, -0.2) is 0 Å². The van der Waals surface area contributed by atoms with Crippen molar-refractivity contribution in [1.29, 1.82) is 0 Å². The van der Waals surface area contributed by atoms with Crippen molar-refractivity contribution in [3.05, 3.63) is 0 Å². The van der Waals surface area contributed by atoms with E-state index >= 15 is 0 Å². The summed E-state index contributed by atoms with van der Waals surface area (Å²) in [6, 6.07) is 0. The highest BCUT2D eigenvalue weighted by Gasteiger charge is 2.25. The van der Waals surface area contributed by atoms with Gasteiger partial charge in [0.05, 0.1) is 0 Å². The lowest BCUT2D eigenvalue weighted by Crippen LogP contribution is -2.36. The molecule has 0 spiro atoms. The van der Waals surface area contributed by atoms with Gasteiger partial charge in [0, 0.05) is 0 Å². The zero-order chi connectivity index (χ0) is 7.61. The van der Waals surface area contributed by atoms with Crippen LogP contribution in [0, 0.1) is 11.3 Å². The zero-order valence-corrected chi connectivity index (χ0v) is 7.41. The van der Waals surface area contributed by atoms with Crippen LogP contribution < -0.4 is 5.32 Å². The molecule has 1 heteroatoms. The normalized spacial score (nSPS) is 28.5. The van der Waals surface area contributed by atoms with Crippen molar-refractivity contribution in [3.63, 3.8) is 0 Å². The summed E-state index contributed by atoms with van der Waals surface area (Å²) in [5.74, 6) is 0.890. The van der Waals surface area contributed by atoms with Gasteiger partial charge in [-0.15, -0.1) is 0 Å². The quantitative estimate of drug-likeness (QED) is 0.544. The van der Waals surface area contributed by atoms with Crippen molar-refractivity contribution in [3.8, 4) is 0 Å². The maximum atomic E-state index is 3.44. The fourth-order valence-electron chi connectivity index (χ4n) is 1.59. The predicted octanol–water partition coefficient (Wildman–Crippen LogP) is 2.03. The molecule has 1 aliphatic heterocycles. The van der Waals surface area contributed by atoms with Crippen LogP contribution in [0.15, 0.2) is 0 Å². The molecule has 1 atom stereocenters. The Morgan fingerprint density at radius 1 is 1.30 bits per heavy atom. The lowest BCUT2D eigenvalue weighted by atomic mass is 9.77. The highest BCUT2D eigenvalue weighted by atomic mass is 14.9. The largest absolute Gasteiger partial charge is 0.316 e. The molecule has 0 aromatic heterocycles. The molecule has 0 aromatic rings. The van der Waals surface area contributed by atoms with E-state index in [1.54, 1.807) is 0 Å². The van der Waals surface area contributed by atoms with Crippen molar-refractivity contribution in [2.45, 2.75) is 33.6 Å². The summed E-state index contributed by atoms with van der Waals surface area (Å²) >= 11 is 0. The van der Waals surface area contributed by atoms with Crippen molar-refractivity contribution >= 4 is 0 Å². The van der Waals surface area contributed by atoms with E-state index in [0.717, 1.165) is 5.92 Å². The monoisotopic (exact) mass is 141 g/mol. The van der Waals surface area contributed by atoms with Crippen molar-refractivity contribution in [1.82, 2.24) is 5.32 Å². The van der Waals surface area contributed by atoms with Gasteiger partial charge in [-0.1, -0.05) is 20.8 Å². The molecule has 10 heavy (non-hydrogen) atoms. The minimum absolute atomic E-state index is 0.507. The van der Waals surface area contributed by atoms with Crippen molar-refractivity contribution in [2.75, 3.05) is 13.1 Å². The number of piperidine rings is 1. The summed E-state index contributed by atoms with van der Waals surface area (Å²) in [7, 11) is 0. The second kappa shape index (κ2) is 2.91. The van der Waals surface area contributed by atoms with Crippen LogP contribution in [0.5, 0.6) is 0 Å². The fourth-order valence-corrected chi connectivity index (χ4v) is 1.59. The summed E-state index contributed by atoms with van der Waals surface area (Å²) in [6.45, 7) is 9.47. The lowest BCUT2D eigenvalue weighted by molar-refractivity contribution is 0.193. The summed E-state index contributed by atoms with van der Waals surface area (Å²) in [5, 5.41) is 3.44. The zero-order valence-electron chi connectivity index (χ0n) is 7.41. The summed E-state index contributed by atoms with van der Waals surface area (Å²) in [6.07, 6.45) is 2.78. The van der Waals surface area contributed by atoms with Gasteiger partial charge in [0.1, 0.15) is 0 Å². The third kappa shape index (κ3) is 1.98. The molecule has 0 saturated carbocycles. The van der Waals surface area contributed by atoms with E-state index in [0.29, 0.717) is 5.41 Å². The molecule has 1 aliphatic rings. The van der Waals surface area contributed by atoms with Crippen LogP contribution in [0.1, 0.15) is 33.6 Å². The van der Waals surface area contributed by atoms with Crippen LogP contribution in [0.3, 0.4) is 0 Å². The Morgan fingerprint density at radius 3 is 2.30 bits per heavy atom. The van der Waals surface area contributed by atoms with E-state index < -0.39 is 0 Å². The third-order valence-corrected chi connectivity index (χ3v) is 2.52. The van der Waals surface area contributed by atoms with Crippen LogP contribution >= 0.6 is 0 Å². The van der Waals surface area contributed by atoms with E-state index in [1.807, 2.05) is 0 Å². The second-order valence-corrected chi connectivity index (χ2v) is 4.41. The molecular weight excluding hydrogens is 122 g/mol. The smallest absolute Gasteiger partial charge is 0.00155 e. The predicted molar refractivity (Wildman–Crippen MR) is 45.0 cm³/mol. The van der Waals surface area contributed by atoms with E-state index in [1.165, 1.54) is 25.9 Å². The van der Waals surface area contributed by atoms with Crippen molar-refractivity contribution in [2.24, 2.45) is 11.3 Å². The molecule has 1 nitrogen and oxygen atoms in total. The first-order chi connectivity index (χ1) is 4.61. The highest BCUT2D eigenvalue weighted by Crippen LogP contribution is 2.30. The number of nitrogens with one attached hydrogen (secondary N) is 1. The van der Waals surface area contributed by atoms with Gasteiger partial charge in [0.25, 0.3) is 0 Å². The van der Waals surface area contributed by atoms with Gasteiger partial charge in [0.15, 0.2) is 0 Å². The third-order valence-electron chi connectivity index (χ3n) is 2.52. The first-order valence-corrected chi connectivity index (χ1v) is 4.31. The highest BCUT2D eigenvalue weighted by molar-refractivity contribution is 4.79. The summed E-state index contributed by atoms with van der Waals surface area (Å²) in [5.41, 5.74) is 0.507. The minimum atomic E-state index is 0.507. The fraction of sp³-hybridized carbons (Fsp3) is 1.00. The molecule has 0 bridgehead atoms. The van der Waals surface area contributed by atoms with Gasteiger partial charge in [-0.05, 0) is 37.3 Å². The van der Waals surface area contributed by atoms with Gasteiger partial charge in [0.2, 0.25) is 0 Å². The number of rotatable bonds is 0. The van der Waals surface area contributed by atoms with E-state index in [-0.39, 0.29) is 0 Å². The van der Waals surface area contributed by atoms with E-state index in [4.69, 9.17) is 0 Å². The summed E-state index contributed by atoms with van der Waals surface area (Å²) < 4.78 is 0. The number of hydrogen-bond donors (Lipinski definition) is 1. The molecule has 1 heterocycles. The molecule has 1 fully saturated rings. The molecule has 1 N–H and O–H groups in total. The molecule has 0 aromatic carbocycles. The molecular formula is C9H19N. The topological polar surface area (TPSA) is 12.0 Å². The molecule has 1 rings (SSSR count). The maximum absolute atomic E-state index is 3.44.